The van der Waals surface area contributed by atoms with Crippen LogP contribution in [0.5, 0.6) is 0 Å². The zero-order chi connectivity index (χ0) is 13.3. The van der Waals surface area contributed by atoms with Crippen molar-refractivity contribution >= 4 is 21.9 Å². The molecule has 2 rings (SSSR count). The molecule has 0 amide bonds. The van der Waals surface area contributed by atoms with Gasteiger partial charge in [0.15, 0.2) is 0 Å². The summed E-state index contributed by atoms with van der Waals surface area (Å²) in [6.07, 6.45) is 1.92. The molecule has 0 aromatic heterocycles. The van der Waals surface area contributed by atoms with Crippen LogP contribution in [0.2, 0.25) is 0 Å². The maximum Gasteiger partial charge on any atom is 0.320 e. The highest BCUT2D eigenvalue weighted by Crippen LogP contribution is 2.34. The third-order valence-electron chi connectivity index (χ3n) is 3.22. The van der Waals surface area contributed by atoms with Gasteiger partial charge in [-0.3, -0.25) is 10.1 Å². The van der Waals surface area contributed by atoms with E-state index >= 15 is 0 Å². The molecule has 0 aliphatic heterocycles. The lowest BCUT2D eigenvalue weighted by Crippen LogP contribution is -2.40. The first-order chi connectivity index (χ1) is 8.49. The average molecular weight is 316 g/mol. The Kier molecular flexibility index (Phi) is 4.02. The molecule has 0 radical (unpaired) electrons. The molecule has 1 aromatic rings. The van der Waals surface area contributed by atoms with Crippen molar-refractivity contribution in [1.82, 2.24) is 5.32 Å². The normalized spacial score (nSPS) is 18.4. The molecular formula is C13H15BrFNO2. The number of nitrogens with one attached hydrogen (secondary N) is 1. The quantitative estimate of drug-likeness (QED) is 0.877. The fraction of sp³-hybridized carbons (Fsp3) is 0.462. The second-order valence-corrected chi connectivity index (χ2v) is 5.56. The Hall–Kier alpha value is -0.940. The van der Waals surface area contributed by atoms with Gasteiger partial charge >= 0.3 is 5.97 Å². The van der Waals surface area contributed by atoms with E-state index in [2.05, 4.69) is 21.2 Å². The number of aliphatic carboxylic acids is 1. The maximum atomic E-state index is 13.0. The summed E-state index contributed by atoms with van der Waals surface area (Å²) in [5.41, 5.74) is 0.864. The van der Waals surface area contributed by atoms with Gasteiger partial charge in [0.05, 0.1) is 0 Å². The zero-order valence-corrected chi connectivity index (χ0v) is 11.6. The van der Waals surface area contributed by atoms with E-state index in [1.165, 1.54) is 12.1 Å². The molecule has 1 fully saturated rings. The van der Waals surface area contributed by atoms with Crippen molar-refractivity contribution in [3.05, 3.63) is 34.1 Å². The van der Waals surface area contributed by atoms with E-state index in [0.29, 0.717) is 4.47 Å². The molecule has 2 N–H and O–H groups in total. The average Bonchev–Trinajstić information content (AvgIpc) is 3.08. The van der Waals surface area contributed by atoms with E-state index < -0.39 is 12.0 Å². The molecule has 0 spiro atoms. The summed E-state index contributed by atoms with van der Waals surface area (Å²) in [5.74, 6) is -0.901. The molecule has 2 unspecified atom stereocenters. The van der Waals surface area contributed by atoms with Crippen molar-refractivity contribution in [3.8, 4) is 0 Å². The molecule has 0 heterocycles. The number of carboxylic acids is 1. The summed E-state index contributed by atoms with van der Waals surface area (Å²) in [7, 11) is 0. The van der Waals surface area contributed by atoms with Crippen molar-refractivity contribution in [1.29, 1.82) is 0 Å². The second-order valence-electron chi connectivity index (χ2n) is 4.71. The minimum absolute atomic E-state index is 0.137. The van der Waals surface area contributed by atoms with E-state index in [4.69, 9.17) is 5.11 Å². The first kappa shape index (κ1) is 13.5. The molecule has 1 aliphatic carbocycles. The molecule has 1 aromatic carbocycles. The molecule has 0 bridgehead atoms. The monoisotopic (exact) mass is 315 g/mol. The van der Waals surface area contributed by atoms with Gasteiger partial charge < -0.3 is 5.11 Å². The van der Waals surface area contributed by atoms with Crippen LogP contribution in [0.3, 0.4) is 0 Å². The standard InChI is InChI=1S/C13H15BrFNO2/c1-7(10-5-4-9(15)6-11(10)14)16-12(13(17)18)8-2-3-8/h4-8,12,16H,2-3H2,1H3,(H,17,18). The summed E-state index contributed by atoms with van der Waals surface area (Å²) in [4.78, 5) is 11.2. The Bertz CT molecular complexity index is 462. The number of halogens is 2. The van der Waals surface area contributed by atoms with Crippen LogP contribution in [0.4, 0.5) is 4.39 Å². The second kappa shape index (κ2) is 5.36. The van der Waals surface area contributed by atoms with Crippen molar-refractivity contribution in [2.75, 3.05) is 0 Å². The van der Waals surface area contributed by atoms with Crippen LogP contribution >= 0.6 is 15.9 Å². The predicted octanol–water partition coefficient (Wildman–Crippen LogP) is 3.10. The Balaban J connectivity index is 2.10. The topological polar surface area (TPSA) is 49.3 Å². The molecule has 5 heteroatoms. The summed E-state index contributed by atoms with van der Waals surface area (Å²) in [6.45, 7) is 1.89. The van der Waals surface area contributed by atoms with Gasteiger partial charge in [-0.25, -0.2) is 4.39 Å². The van der Waals surface area contributed by atoms with Crippen molar-refractivity contribution in [3.63, 3.8) is 0 Å². The molecule has 98 valence electrons. The van der Waals surface area contributed by atoms with Gasteiger partial charge in [-0.1, -0.05) is 22.0 Å². The maximum absolute atomic E-state index is 13.0. The van der Waals surface area contributed by atoms with E-state index in [-0.39, 0.29) is 17.8 Å². The molecule has 0 saturated heterocycles. The number of rotatable bonds is 5. The lowest BCUT2D eigenvalue weighted by atomic mass is 10.1. The van der Waals surface area contributed by atoms with Crippen LogP contribution in [-0.2, 0) is 4.79 Å². The third-order valence-corrected chi connectivity index (χ3v) is 3.90. The lowest BCUT2D eigenvalue weighted by Gasteiger charge is -2.21. The minimum atomic E-state index is -0.817. The Morgan fingerprint density at radius 3 is 2.72 bits per heavy atom. The molecule has 1 saturated carbocycles. The van der Waals surface area contributed by atoms with Gasteiger partial charge in [-0.2, -0.15) is 0 Å². The molecular weight excluding hydrogens is 301 g/mol. The molecule has 2 atom stereocenters. The first-order valence-electron chi connectivity index (χ1n) is 5.93. The highest BCUT2D eigenvalue weighted by Gasteiger charge is 2.37. The van der Waals surface area contributed by atoms with Crippen molar-refractivity contribution in [2.45, 2.75) is 31.8 Å². The third kappa shape index (κ3) is 3.09. The highest BCUT2D eigenvalue weighted by atomic mass is 79.9. The summed E-state index contributed by atoms with van der Waals surface area (Å²) in [5, 5.41) is 12.3. The number of carboxylic acid groups (broad SMARTS) is 1. The smallest absolute Gasteiger partial charge is 0.320 e. The summed E-state index contributed by atoms with van der Waals surface area (Å²) in [6, 6.07) is 3.78. The van der Waals surface area contributed by atoms with Gasteiger partial charge in [0.1, 0.15) is 11.9 Å². The fourth-order valence-electron chi connectivity index (χ4n) is 2.05. The predicted molar refractivity (Wildman–Crippen MR) is 69.8 cm³/mol. The summed E-state index contributed by atoms with van der Waals surface area (Å²) >= 11 is 3.30. The van der Waals surface area contributed by atoms with Gasteiger partial charge in [-0.05, 0) is 43.4 Å². The van der Waals surface area contributed by atoms with Crippen LogP contribution < -0.4 is 5.32 Å². The zero-order valence-electron chi connectivity index (χ0n) is 9.99. The number of hydrogen-bond donors (Lipinski definition) is 2. The number of hydrogen-bond acceptors (Lipinski definition) is 2. The lowest BCUT2D eigenvalue weighted by molar-refractivity contribution is -0.140. The number of benzene rings is 1. The van der Waals surface area contributed by atoms with Crippen LogP contribution in [0.15, 0.2) is 22.7 Å². The van der Waals surface area contributed by atoms with Crippen LogP contribution in [-0.4, -0.2) is 17.1 Å². The number of carbonyl (C=O) groups is 1. The SMILES string of the molecule is CC(NC(C(=O)O)C1CC1)c1ccc(F)cc1Br. The van der Waals surface area contributed by atoms with Gasteiger partial charge in [0.25, 0.3) is 0 Å². The van der Waals surface area contributed by atoms with E-state index in [1.807, 2.05) is 6.92 Å². The van der Waals surface area contributed by atoms with Gasteiger partial charge in [0, 0.05) is 10.5 Å². The molecule has 1 aliphatic rings. The van der Waals surface area contributed by atoms with Gasteiger partial charge in [0.2, 0.25) is 0 Å². The van der Waals surface area contributed by atoms with Crippen LogP contribution in [0, 0.1) is 11.7 Å². The largest absolute Gasteiger partial charge is 0.480 e. The molecule has 18 heavy (non-hydrogen) atoms. The van der Waals surface area contributed by atoms with E-state index in [9.17, 15) is 9.18 Å². The van der Waals surface area contributed by atoms with Gasteiger partial charge in [-0.15, -0.1) is 0 Å². The van der Waals surface area contributed by atoms with Crippen molar-refractivity contribution in [2.24, 2.45) is 5.92 Å². The fourth-order valence-corrected chi connectivity index (χ4v) is 2.74. The Morgan fingerprint density at radius 1 is 1.56 bits per heavy atom. The Labute approximate surface area is 114 Å². The first-order valence-corrected chi connectivity index (χ1v) is 6.72. The minimum Gasteiger partial charge on any atom is -0.480 e. The van der Waals surface area contributed by atoms with Crippen molar-refractivity contribution < 1.29 is 14.3 Å². The Morgan fingerprint density at radius 2 is 2.22 bits per heavy atom. The molecule has 3 nitrogen and oxygen atoms in total. The van der Waals surface area contributed by atoms with E-state index in [1.54, 1.807) is 6.07 Å². The van der Waals surface area contributed by atoms with Crippen LogP contribution in [0.1, 0.15) is 31.4 Å². The summed E-state index contributed by atoms with van der Waals surface area (Å²) < 4.78 is 13.7. The highest BCUT2D eigenvalue weighted by molar-refractivity contribution is 9.10. The van der Waals surface area contributed by atoms with Crippen LogP contribution in [0.25, 0.3) is 0 Å². The van der Waals surface area contributed by atoms with E-state index in [0.717, 1.165) is 18.4 Å².